The summed E-state index contributed by atoms with van der Waals surface area (Å²) in [6, 6.07) is 5.76. The Morgan fingerprint density at radius 2 is 2.05 bits per heavy atom. The third-order valence-corrected chi connectivity index (χ3v) is 3.70. The summed E-state index contributed by atoms with van der Waals surface area (Å²) in [5, 5.41) is 0. The minimum atomic E-state index is -0.0330. The highest BCUT2D eigenvalue weighted by Crippen LogP contribution is 2.33. The Morgan fingerprint density at radius 1 is 1.21 bits per heavy atom. The van der Waals surface area contributed by atoms with E-state index < -0.39 is 0 Å². The van der Waals surface area contributed by atoms with Gasteiger partial charge in [-0.05, 0) is 50.3 Å². The van der Waals surface area contributed by atoms with E-state index in [0.29, 0.717) is 0 Å². The predicted octanol–water partition coefficient (Wildman–Crippen LogP) is 3.59. The molecule has 1 aliphatic carbocycles. The molecule has 19 heavy (non-hydrogen) atoms. The first-order valence-electron chi connectivity index (χ1n) is 6.90. The lowest BCUT2D eigenvalue weighted by Crippen LogP contribution is -2.13. The summed E-state index contributed by atoms with van der Waals surface area (Å²) in [5.74, 6) is 1.66. The molecule has 1 aromatic carbocycles. The molecule has 1 aromatic rings. The third-order valence-electron chi connectivity index (χ3n) is 3.70. The van der Waals surface area contributed by atoms with Crippen LogP contribution >= 0.6 is 0 Å². The molecule has 0 amide bonds. The van der Waals surface area contributed by atoms with Crippen molar-refractivity contribution in [2.24, 2.45) is 5.73 Å². The van der Waals surface area contributed by atoms with Crippen molar-refractivity contribution in [1.82, 2.24) is 0 Å². The Bertz CT molecular complexity index is 454. The highest BCUT2D eigenvalue weighted by Gasteiger charge is 2.16. The van der Waals surface area contributed by atoms with E-state index in [1.807, 2.05) is 18.2 Å². The minimum Gasteiger partial charge on any atom is -0.497 e. The summed E-state index contributed by atoms with van der Waals surface area (Å²) in [6.07, 6.45) is 8.21. The molecule has 0 bridgehead atoms. The van der Waals surface area contributed by atoms with Gasteiger partial charge in [0.25, 0.3) is 0 Å². The normalized spacial score (nSPS) is 16.7. The lowest BCUT2D eigenvalue weighted by atomic mass is 9.91. The van der Waals surface area contributed by atoms with Crippen LogP contribution in [-0.2, 0) is 0 Å². The molecule has 104 valence electrons. The Balaban J connectivity index is 2.16. The molecular formula is C16H23NO2. The second-order valence-electron chi connectivity index (χ2n) is 5.03. The topological polar surface area (TPSA) is 44.5 Å². The summed E-state index contributed by atoms with van der Waals surface area (Å²) in [5.41, 5.74) is 8.85. The number of ether oxygens (including phenoxy) is 2. The van der Waals surface area contributed by atoms with E-state index in [1.54, 1.807) is 14.2 Å². The molecule has 2 rings (SSSR count). The van der Waals surface area contributed by atoms with Gasteiger partial charge in [-0.1, -0.05) is 11.6 Å². The van der Waals surface area contributed by atoms with Crippen molar-refractivity contribution in [3.63, 3.8) is 0 Å². The van der Waals surface area contributed by atoms with Gasteiger partial charge in [-0.2, -0.15) is 0 Å². The van der Waals surface area contributed by atoms with E-state index in [2.05, 4.69) is 6.08 Å². The number of methoxy groups -OCH3 is 2. The number of allylic oxidation sites excluding steroid dienone is 1. The number of benzene rings is 1. The average molecular weight is 261 g/mol. The van der Waals surface area contributed by atoms with E-state index in [-0.39, 0.29) is 6.04 Å². The van der Waals surface area contributed by atoms with E-state index in [1.165, 1.54) is 31.3 Å². The molecule has 0 aromatic heterocycles. The molecular weight excluding hydrogens is 238 g/mol. The SMILES string of the molecule is COc1ccc(OC)c(C(N)CC2=CCCCC2)c1. The van der Waals surface area contributed by atoms with E-state index in [4.69, 9.17) is 15.2 Å². The van der Waals surface area contributed by atoms with Crippen LogP contribution in [0.1, 0.15) is 43.7 Å². The van der Waals surface area contributed by atoms with Gasteiger partial charge >= 0.3 is 0 Å². The van der Waals surface area contributed by atoms with Crippen molar-refractivity contribution in [1.29, 1.82) is 0 Å². The standard InChI is InChI=1S/C16H23NO2/c1-18-13-8-9-16(19-2)14(11-13)15(17)10-12-6-4-3-5-7-12/h6,8-9,11,15H,3-5,7,10,17H2,1-2H3. The van der Waals surface area contributed by atoms with Gasteiger partial charge in [0.1, 0.15) is 11.5 Å². The molecule has 1 unspecified atom stereocenters. The molecule has 0 radical (unpaired) electrons. The summed E-state index contributed by atoms with van der Waals surface area (Å²) in [6.45, 7) is 0. The molecule has 3 heteroatoms. The third kappa shape index (κ3) is 3.51. The van der Waals surface area contributed by atoms with Gasteiger partial charge in [0, 0.05) is 11.6 Å². The fourth-order valence-corrected chi connectivity index (χ4v) is 2.61. The minimum absolute atomic E-state index is 0.0330. The van der Waals surface area contributed by atoms with Gasteiger partial charge in [-0.25, -0.2) is 0 Å². The second-order valence-corrected chi connectivity index (χ2v) is 5.03. The van der Waals surface area contributed by atoms with Gasteiger partial charge < -0.3 is 15.2 Å². The summed E-state index contributed by atoms with van der Waals surface area (Å²) >= 11 is 0. The van der Waals surface area contributed by atoms with E-state index in [0.717, 1.165) is 23.5 Å². The lowest BCUT2D eigenvalue weighted by molar-refractivity contribution is 0.394. The van der Waals surface area contributed by atoms with Crippen molar-refractivity contribution in [2.75, 3.05) is 14.2 Å². The molecule has 0 spiro atoms. The first kappa shape index (κ1) is 13.9. The van der Waals surface area contributed by atoms with E-state index >= 15 is 0 Å². The molecule has 0 saturated heterocycles. The summed E-state index contributed by atoms with van der Waals surface area (Å²) in [7, 11) is 3.35. The van der Waals surface area contributed by atoms with Gasteiger partial charge in [-0.15, -0.1) is 0 Å². The quantitative estimate of drug-likeness (QED) is 0.824. The van der Waals surface area contributed by atoms with Crippen LogP contribution in [0.2, 0.25) is 0 Å². The highest BCUT2D eigenvalue weighted by atomic mass is 16.5. The van der Waals surface area contributed by atoms with Crippen LogP contribution in [0.5, 0.6) is 11.5 Å². The van der Waals surface area contributed by atoms with Crippen molar-refractivity contribution in [3.8, 4) is 11.5 Å². The fourth-order valence-electron chi connectivity index (χ4n) is 2.61. The van der Waals surface area contributed by atoms with Gasteiger partial charge in [0.05, 0.1) is 14.2 Å². The van der Waals surface area contributed by atoms with Crippen molar-refractivity contribution in [3.05, 3.63) is 35.4 Å². The summed E-state index contributed by atoms with van der Waals surface area (Å²) in [4.78, 5) is 0. The van der Waals surface area contributed by atoms with Crippen LogP contribution < -0.4 is 15.2 Å². The van der Waals surface area contributed by atoms with Gasteiger partial charge in [-0.3, -0.25) is 0 Å². The monoisotopic (exact) mass is 261 g/mol. The zero-order valence-corrected chi connectivity index (χ0v) is 11.8. The maximum Gasteiger partial charge on any atom is 0.123 e. The fraction of sp³-hybridized carbons (Fsp3) is 0.500. The zero-order valence-electron chi connectivity index (χ0n) is 11.8. The van der Waals surface area contributed by atoms with Crippen LogP contribution in [-0.4, -0.2) is 14.2 Å². The molecule has 0 saturated carbocycles. The molecule has 2 N–H and O–H groups in total. The van der Waals surface area contributed by atoms with Crippen LogP contribution in [0.25, 0.3) is 0 Å². The van der Waals surface area contributed by atoms with Crippen LogP contribution in [0.3, 0.4) is 0 Å². The first-order valence-corrected chi connectivity index (χ1v) is 6.90. The number of nitrogens with two attached hydrogens (primary N) is 1. The Kier molecular flexibility index (Phi) is 4.86. The predicted molar refractivity (Wildman–Crippen MR) is 77.6 cm³/mol. The largest absolute Gasteiger partial charge is 0.497 e. The van der Waals surface area contributed by atoms with Crippen molar-refractivity contribution in [2.45, 2.75) is 38.1 Å². The molecule has 1 atom stereocenters. The smallest absolute Gasteiger partial charge is 0.123 e. The van der Waals surface area contributed by atoms with E-state index in [9.17, 15) is 0 Å². The molecule has 0 fully saturated rings. The Morgan fingerprint density at radius 3 is 2.68 bits per heavy atom. The molecule has 0 heterocycles. The van der Waals surface area contributed by atoms with Gasteiger partial charge in [0.2, 0.25) is 0 Å². The number of rotatable bonds is 5. The second kappa shape index (κ2) is 6.62. The van der Waals surface area contributed by atoms with Gasteiger partial charge in [0.15, 0.2) is 0 Å². The zero-order chi connectivity index (χ0) is 13.7. The van der Waals surface area contributed by atoms with Crippen molar-refractivity contribution >= 4 is 0 Å². The van der Waals surface area contributed by atoms with Crippen molar-refractivity contribution < 1.29 is 9.47 Å². The maximum absolute atomic E-state index is 6.35. The van der Waals surface area contributed by atoms with Crippen LogP contribution in [0.4, 0.5) is 0 Å². The number of hydrogen-bond donors (Lipinski definition) is 1. The summed E-state index contributed by atoms with van der Waals surface area (Å²) < 4.78 is 10.7. The van der Waals surface area contributed by atoms with Crippen LogP contribution in [0, 0.1) is 0 Å². The molecule has 1 aliphatic rings. The average Bonchev–Trinajstić information content (AvgIpc) is 2.47. The Labute approximate surface area is 115 Å². The lowest BCUT2D eigenvalue weighted by Gasteiger charge is -2.20. The molecule has 3 nitrogen and oxygen atoms in total. The number of hydrogen-bond acceptors (Lipinski definition) is 3. The maximum atomic E-state index is 6.35. The molecule has 0 aliphatic heterocycles. The first-order chi connectivity index (χ1) is 9.24. The van der Waals surface area contributed by atoms with Crippen LogP contribution in [0.15, 0.2) is 29.8 Å². The Hall–Kier alpha value is -1.48. The highest BCUT2D eigenvalue weighted by molar-refractivity contribution is 5.42.